The number of methoxy groups -OCH3 is 1. The van der Waals surface area contributed by atoms with Gasteiger partial charge < -0.3 is 9.47 Å². The number of hydrogen-bond donors (Lipinski definition) is 0. The van der Waals surface area contributed by atoms with Crippen molar-refractivity contribution in [3.05, 3.63) is 28.8 Å². The number of carbonyl (C=O) groups is 1. The lowest BCUT2D eigenvalue weighted by Gasteiger charge is -2.14. The van der Waals surface area contributed by atoms with Crippen LogP contribution in [0.1, 0.15) is 21.5 Å². The van der Waals surface area contributed by atoms with Crippen LogP contribution in [0.3, 0.4) is 0 Å². The first-order valence-electron chi connectivity index (χ1n) is 4.80. The van der Waals surface area contributed by atoms with Gasteiger partial charge in [-0.05, 0) is 11.6 Å². The number of nitrogens with zero attached hydrogens (tertiary/aromatic N) is 1. The number of benzene rings is 1. The molecule has 1 aromatic rings. The van der Waals surface area contributed by atoms with Crippen molar-refractivity contribution in [1.82, 2.24) is 0 Å². The lowest BCUT2D eigenvalue weighted by molar-refractivity contribution is -0.274. The number of alkyl halides is 4. The molecule has 8 heteroatoms. The van der Waals surface area contributed by atoms with Crippen LogP contribution in [0.5, 0.6) is 5.75 Å². The zero-order valence-electron chi connectivity index (χ0n) is 9.55. The smallest absolute Gasteiger partial charge is 0.465 e. The molecule has 0 atom stereocenters. The van der Waals surface area contributed by atoms with Crippen molar-refractivity contribution in [3.8, 4) is 11.8 Å². The van der Waals surface area contributed by atoms with Crippen molar-refractivity contribution >= 4 is 21.9 Å². The van der Waals surface area contributed by atoms with Gasteiger partial charge in [-0.2, -0.15) is 5.26 Å². The summed E-state index contributed by atoms with van der Waals surface area (Å²) in [6.07, 6.45) is -4.97. The number of esters is 1. The first-order chi connectivity index (χ1) is 8.84. The summed E-state index contributed by atoms with van der Waals surface area (Å²) >= 11 is 3.07. The van der Waals surface area contributed by atoms with Crippen LogP contribution in [0, 0.1) is 11.3 Å². The van der Waals surface area contributed by atoms with Crippen LogP contribution >= 0.6 is 15.9 Å². The third-order valence-corrected chi connectivity index (χ3v) is 2.73. The number of carbonyl (C=O) groups excluding carboxylic acids is 1. The molecule has 0 bridgehead atoms. The zero-order valence-corrected chi connectivity index (χ0v) is 11.1. The maximum atomic E-state index is 12.2. The van der Waals surface area contributed by atoms with Gasteiger partial charge in [0.05, 0.1) is 12.7 Å². The van der Waals surface area contributed by atoms with E-state index < -0.39 is 23.6 Å². The second-order valence-corrected chi connectivity index (χ2v) is 3.82. The van der Waals surface area contributed by atoms with Crippen LogP contribution in [0.2, 0.25) is 0 Å². The molecule has 0 saturated carbocycles. The SMILES string of the molecule is COC(=O)c1c(OC(F)(F)F)ccc(CBr)c1C#N. The van der Waals surface area contributed by atoms with Crippen LogP contribution in [-0.4, -0.2) is 19.4 Å². The molecule has 102 valence electrons. The fourth-order valence-electron chi connectivity index (χ4n) is 1.38. The van der Waals surface area contributed by atoms with E-state index in [-0.39, 0.29) is 10.9 Å². The van der Waals surface area contributed by atoms with Gasteiger partial charge in [0.1, 0.15) is 17.4 Å². The molecule has 0 saturated heterocycles. The maximum absolute atomic E-state index is 12.2. The van der Waals surface area contributed by atoms with Crippen molar-refractivity contribution in [3.63, 3.8) is 0 Å². The summed E-state index contributed by atoms with van der Waals surface area (Å²) in [5, 5.41) is 9.18. The highest BCUT2D eigenvalue weighted by Crippen LogP contribution is 2.31. The van der Waals surface area contributed by atoms with Crippen molar-refractivity contribution in [1.29, 1.82) is 5.26 Å². The molecule has 0 N–H and O–H groups in total. The van der Waals surface area contributed by atoms with Crippen LogP contribution in [-0.2, 0) is 10.1 Å². The third kappa shape index (κ3) is 3.61. The van der Waals surface area contributed by atoms with E-state index in [1.165, 1.54) is 6.07 Å². The molecule has 4 nitrogen and oxygen atoms in total. The average molecular weight is 338 g/mol. The van der Waals surface area contributed by atoms with Gasteiger partial charge >= 0.3 is 12.3 Å². The molecule has 0 aliphatic heterocycles. The van der Waals surface area contributed by atoms with Crippen LogP contribution in [0.4, 0.5) is 13.2 Å². The Hall–Kier alpha value is -1.75. The van der Waals surface area contributed by atoms with Crippen LogP contribution in [0.15, 0.2) is 12.1 Å². The van der Waals surface area contributed by atoms with E-state index in [4.69, 9.17) is 5.26 Å². The van der Waals surface area contributed by atoms with Gasteiger partial charge in [0.2, 0.25) is 0 Å². The molecular formula is C11H7BrF3NO3. The van der Waals surface area contributed by atoms with Crippen molar-refractivity contribution < 1.29 is 27.4 Å². The summed E-state index contributed by atoms with van der Waals surface area (Å²) in [6, 6.07) is 3.91. The molecule has 0 heterocycles. The van der Waals surface area contributed by atoms with Crippen LogP contribution in [0.25, 0.3) is 0 Å². The van der Waals surface area contributed by atoms with Gasteiger partial charge in [0, 0.05) is 5.33 Å². The summed E-state index contributed by atoms with van der Waals surface area (Å²) in [7, 11) is 1.00. The van der Waals surface area contributed by atoms with Crippen LogP contribution < -0.4 is 4.74 Å². The van der Waals surface area contributed by atoms with E-state index >= 15 is 0 Å². The maximum Gasteiger partial charge on any atom is 0.573 e. The number of rotatable bonds is 3. The number of hydrogen-bond acceptors (Lipinski definition) is 4. The van der Waals surface area contributed by atoms with E-state index in [2.05, 4.69) is 25.4 Å². The Labute approximate surface area is 114 Å². The van der Waals surface area contributed by atoms with Crippen molar-refractivity contribution in [2.24, 2.45) is 0 Å². The molecule has 0 fully saturated rings. The molecule has 0 aliphatic rings. The highest BCUT2D eigenvalue weighted by molar-refractivity contribution is 9.08. The Kier molecular flexibility index (Phi) is 4.78. The molecule has 19 heavy (non-hydrogen) atoms. The Bertz CT molecular complexity index is 537. The minimum absolute atomic E-state index is 0.201. The standard InChI is InChI=1S/C11H7BrF3NO3/c1-18-10(17)9-7(5-16)6(4-12)2-3-8(9)19-11(13,14)15/h2-3H,4H2,1H3. The topological polar surface area (TPSA) is 59.3 Å². The summed E-state index contributed by atoms with van der Waals surface area (Å²) in [5.41, 5.74) is -0.401. The Balaban J connectivity index is 3.48. The monoisotopic (exact) mass is 337 g/mol. The average Bonchev–Trinajstić information content (AvgIpc) is 2.35. The fraction of sp³-hybridized carbons (Fsp3) is 0.273. The third-order valence-electron chi connectivity index (χ3n) is 2.12. The zero-order chi connectivity index (χ0) is 14.6. The largest absolute Gasteiger partial charge is 0.573 e. The Morgan fingerprint density at radius 2 is 2.11 bits per heavy atom. The van der Waals surface area contributed by atoms with E-state index in [1.54, 1.807) is 6.07 Å². The highest BCUT2D eigenvalue weighted by Gasteiger charge is 2.34. The Morgan fingerprint density at radius 3 is 2.53 bits per heavy atom. The normalized spacial score (nSPS) is 10.7. The predicted molar refractivity (Wildman–Crippen MR) is 61.8 cm³/mol. The first-order valence-corrected chi connectivity index (χ1v) is 5.92. The van der Waals surface area contributed by atoms with E-state index in [9.17, 15) is 18.0 Å². The molecular weight excluding hydrogens is 331 g/mol. The molecule has 0 radical (unpaired) electrons. The molecule has 0 unspecified atom stereocenters. The molecule has 1 aromatic carbocycles. The van der Waals surface area contributed by atoms with E-state index in [0.29, 0.717) is 5.56 Å². The first kappa shape index (κ1) is 15.3. The van der Waals surface area contributed by atoms with Crippen molar-refractivity contribution in [2.45, 2.75) is 11.7 Å². The summed E-state index contributed by atoms with van der Waals surface area (Å²) < 4.78 is 44.8. The highest BCUT2D eigenvalue weighted by atomic mass is 79.9. The minimum atomic E-state index is -4.97. The van der Waals surface area contributed by atoms with Crippen molar-refractivity contribution in [2.75, 3.05) is 7.11 Å². The predicted octanol–water partition coefficient (Wildman–Crippen LogP) is 3.14. The van der Waals surface area contributed by atoms with Gasteiger partial charge in [0.15, 0.2) is 0 Å². The van der Waals surface area contributed by atoms with Gasteiger partial charge in [0.25, 0.3) is 0 Å². The Morgan fingerprint density at radius 1 is 1.47 bits per heavy atom. The molecule has 0 aliphatic carbocycles. The van der Waals surface area contributed by atoms with E-state index in [1.807, 2.05) is 0 Å². The number of halogens is 4. The fourth-order valence-corrected chi connectivity index (χ4v) is 1.85. The summed E-state index contributed by atoms with van der Waals surface area (Å²) in [6.45, 7) is 0. The number of ether oxygens (including phenoxy) is 2. The second-order valence-electron chi connectivity index (χ2n) is 3.26. The number of nitriles is 1. The lowest BCUT2D eigenvalue weighted by atomic mass is 10.0. The van der Waals surface area contributed by atoms with Gasteiger partial charge in [-0.1, -0.05) is 22.0 Å². The molecule has 1 rings (SSSR count). The van der Waals surface area contributed by atoms with Gasteiger partial charge in [-0.15, -0.1) is 13.2 Å². The summed E-state index contributed by atoms with van der Waals surface area (Å²) in [5.74, 6) is -1.83. The van der Waals surface area contributed by atoms with Gasteiger partial charge in [-0.25, -0.2) is 4.79 Å². The summed E-state index contributed by atoms with van der Waals surface area (Å²) in [4.78, 5) is 11.5. The molecule has 0 aromatic heterocycles. The van der Waals surface area contributed by atoms with Gasteiger partial charge in [-0.3, -0.25) is 0 Å². The molecule has 0 spiro atoms. The lowest BCUT2D eigenvalue weighted by Crippen LogP contribution is -2.20. The minimum Gasteiger partial charge on any atom is -0.465 e. The second kappa shape index (κ2) is 5.93. The quantitative estimate of drug-likeness (QED) is 0.628. The molecule has 0 amide bonds. The van der Waals surface area contributed by atoms with E-state index in [0.717, 1.165) is 13.2 Å².